The van der Waals surface area contributed by atoms with Crippen LogP contribution in [0.3, 0.4) is 0 Å². The average Bonchev–Trinajstić information content (AvgIpc) is 2.99. The van der Waals surface area contributed by atoms with Gasteiger partial charge in [-0.15, -0.1) is 0 Å². The molecule has 0 bridgehead atoms. The third-order valence-corrected chi connectivity index (χ3v) is 5.24. The summed E-state index contributed by atoms with van der Waals surface area (Å²) in [5, 5.41) is 0. The molecule has 19 heavy (non-hydrogen) atoms. The van der Waals surface area contributed by atoms with E-state index < -0.39 is 0 Å². The zero-order valence-corrected chi connectivity index (χ0v) is 11.3. The fourth-order valence-corrected chi connectivity index (χ4v) is 4.35. The van der Waals surface area contributed by atoms with Gasteiger partial charge in [0.1, 0.15) is 6.61 Å². The van der Waals surface area contributed by atoms with Crippen LogP contribution in [0.15, 0.2) is 22.8 Å². The minimum Gasteiger partial charge on any atom is -0.458 e. The van der Waals surface area contributed by atoms with Crippen LogP contribution in [0.1, 0.15) is 25.7 Å². The molecule has 0 aromatic carbocycles. The topological polar surface area (TPSA) is 38.8 Å². The molecule has 0 unspecified atom stereocenters. The maximum absolute atomic E-state index is 12.2. The van der Waals surface area contributed by atoms with Gasteiger partial charge in [0, 0.05) is 26.6 Å². The molecule has 4 rings (SSSR count). The van der Waals surface area contributed by atoms with E-state index in [0.29, 0.717) is 6.61 Å². The van der Waals surface area contributed by atoms with Crippen molar-refractivity contribution in [3.8, 4) is 0 Å². The number of methoxy groups -OCH3 is 1. The van der Waals surface area contributed by atoms with Gasteiger partial charge in [0.2, 0.25) is 0 Å². The van der Waals surface area contributed by atoms with Gasteiger partial charge in [0.25, 0.3) is 0 Å². The second kappa shape index (κ2) is 3.93. The minimum absolute atomic E-state index is 0.0933. The number of hydrogen-bond donors (Lipinski definition) is 0. The lowest BCUT2D eigenvalue weighted by molar-refractivity contribution is -0.137. The largest absolute Gasteiger partial charge is 0.458 e. The lowest BCUT2D eigenvalue weighted by Crippen LogP contribution is -2.54. The van der Waals surface area contributed by atoms with E-state index in [2.05, 4.69) is 11.0 Å². The van der Waals surface area contributed by atoms with Crippen LogP contribution in [0.5, 0.6) is 0 Å². The summed E-state index contributed by atoms with van der Waals surface area (Å²) in [4.78, 5) is 14.7. The SMILES string of the molecule is CO[C@H]1CC=C2CCN3CCC4=C(C(=O)OC4)[C@]23C1. The third kappa shape index (κ3) is 1.39. The van der Waals surface area contributed by atoms with Crippen LogP contribution >= 0.6 is 0 Å². The summed E-state index contributed by atoms with van der Waals surface area (Å²) in [6.45, 7) is 2.62. The van der Waals surface area contributed by atoms with Gasteiger partial charge in [-0.1, -0.05) is 6.08 Å². The lowest BCUT2D eigenvalue weighted by atomic mass is 9.71. The quantitative estimate of drug-likeness (QED) is 0.528. The first kappa shape index (κ1) is 11.7. The molecule has 4 heteroatoms. The Morgan fingerprint density at radius 2 is 2.26 bits per heavy atom. The highest BCUT2D eigenvalue weighted by Gasteiger charge is 2.56. The molecular weight excluding hydrogens is 242 g/mol. The number of nitrogens with zero attached hydrogens (tertiary/aromatic N) is 1. The highest BCUT2D eigenvalue weighted by atomic mass is 16.5. The molecule has 4 nitrogen and oxygen atoms in total. The molecule has 1 saturated heterocycles. The Labute approximate surface area is 113 Å². The molecule has 3 aliphatic heterocycles. The molecule has 3 heterocycles. The number of ether oxygens (including phenoxy) is 2. The standard InChI is InChI=1S/C15H19NO3/c1-18-12-3-2-11-5-7-16-6-4-10-9-19-14(17)13(10)15(11,16)8-12/h2,12H,3-9H2,1H3/t12-,15-/m0/s1. The zero-order valence-electron chi connectivity index (χ0n) is 11.3. The first-order chi connectivity index (χ1) is 9.25. The molecule has 0 aromatic rings. The van der Waals surface area contributed by atoms with Crippen molar-refractivity contribution in [1.29, 1.82) is 0 Å². The van der Waals surface area contributed by atoms with Crippen molar-refractivity contribution in [3.05, 3.63) is 22.8 Å². The monoisotopic (exact) mass is 261 g/mol. The summed E-state index contributed by atoms with van der Waals surface area (Å²) < 4.78 is 10.9. The third-order valence-electron chi connectivity index (χ3n) is 5.24. The molecule has 0 N–H and O–H groups in total. The van der Waals surface area contributed by atoms with Crippen molar-refractivity contribution in [1.82, 2.24) is 4.90 Å². The minimum atomic E-state index is -0.194. The smallest absolute Gasteiger partial charge is 0.336 e. The average molecular weight is 261 g/mol. The molecule has 0 aromatic heterocycles. The Morgan fingerprint density at radius 3 is 3.11 bits per heavy atom. The van der Waals surface area contributed by atoms with Gasteiger partial charge in [-0.3, -0.25) is 4.90 Å². The predicted octanol–water partition coefficient (Wildman–Crippen LogP) is 1.42. The maximum atomic E-state index is 12.2. The number of esters is 1. The van der Waals surface area contributed by atoms with Gasteiger partial charge in [0.15, 0.2) is 0 Å². The van der Waals surface area contributed by atoms with E-state index in [9.17, 15) is 4.79 Å². The van der Waals surface area contributed by atoms with Crippen molar-refractivity contribution in [2.24, 2.45) is 0 Å². The van der Waals surface area contributed by atoms with Gasteiger partial charge in [-0.05, 0) is 30.4 Å². The molecule has 1 aliphatic carbocycles. The van der Waals surface area contributed by atoms with E-state index in [0.717, 1.165) is 44.3 Å². The van der Waals surface area contributed by atoms with Gasteiger partial charge in [-0.25, -0.2) is 4.79 Å². The van der Waals surface area contributed by atoms with Gasteiger partial charge >= 0.3 is 5.97 Å². The van der Waals surface area contributed by atoms with Crippen LogP contribution in [-0.2, 0) is 14.3 Å². The summed E-state index contributed by atoms with van der Waals surface area (Å²) in [7, 11) is 1.77. The highest BCUT2D eigenvalue weighted by molar-refractivity contribution is 5.96. The summed E-state index contributed by atoms with van der Waals surface area (Å²) >= 11 is 0. The Morgan fingerprint density at radius 1 is 1.42 bits per heavy atom. The van der Waals surface area contributed by atoms with Crippen LogP contribution in [0.4, 0.5) is 0 Å². The van der Waals surface area contributed by atoms with E-state index in [1.165, 1.54) is 11.1 Å². The van der Waals surface area contributed by atoms with E-state index in [1.54, 1.807) is 7.11 Å². The normalized spacial score (nSPS) is 37.6. The highest BCUT2D eigenvalue weighted by Crippen LogP contribution is 2.52. The molecule has 0 amide bonds. The van der Waals surface area contributed by atoms with Gasteiger partial charge in [-0.2, -0.15) is 0 Å². The van der Waals surface area contributed by atoms with Crippen molar-refractivity contribution in [3.63, 3.8) is 0 Å². The van der Waals surface area contributed by atoms with Crippen LogP contribution in [0.2, 0.25) is 0 Å². The summed E-state index contributed by atoms with van der Waals surface area (Å²) in [6.07, 6.45) is 6.46. The molecule has 1 fully saturated rings. The van der Waals surface area contributed by atoms with E-state index in [4.69, 9.17) is 9.47 Å². The van der Waals surface area contributed by atoms with Crippen LogP contribution in [0.25, 0.3) is 0 Å². The first-order valence-electron chi connectivity index (χ1n) is 7.12. The number of hydrogen-bond acceptors (Lipinski definition) is 4. The van der Waals surface area contributed by atoms with E-state index in [1.807, 2.05) is 0 Å². The van der Waals surface area contributed by atoms with Crippen LogP contribution < -0.4 is 0 Å². The molecule has 0 saturated carbocycles. The number of rotatable bonds is 1. The van der Waals surface area contributed by atoms with Gasteiger partial charge in [0.05, 0.1) is 17.2 Å². The fourth-order valence-electron chi connectivity index (χ4n) is 4.35. The molecule has 1 spiro atoms. The molecule has 4 aliphatic rings. The molecule has 0 radical (unpaired) electrons. The Bertz CT molecular complexity index is 508. The Balaban J connectivity index is 1.88. The van der Waals surface area contributed by atoms with Gasteiger partial charge < -0.3 is 9.47 Å². The first-order valence-corrected chi connectivity index (χ1v) is 7.12. The predicted molar refractivity (Wildman–Crippen MR) is 69.6 cm³/mol. The molecular formula is C15H19NO3. The van der Waals surface area contributed by atoms with Crippen molar-refractivity contribution in [2.45, 2.75) is 37.3 Å². The molecule has 2 atom stereocenters. The summed E-state index contributed by atoms with van der Waals surface area (Å²) in [5.74, 6) is -0.0933. The Kier molecular flexibility index (Phi) is 2.42. The maximum Gasteiger partial charge on any atom is 0.336 e. The fraction of sp³-hybridized carbons (Fsp3) is 0.667. The van der Waals surface area contributed by atoms with Crippen LogP contribution in [-0.4, -0.2) is 49.3 Å². The lowest BCUT2D eigenvalue weighted by Gasteiger charge is -2.46. The van der Waals surface area contributed by atoms with Crippen LogP contribution in [0, 0.1) is 0 Å². The molecule has 102 valence electrons. The summed E-state index contributed by atoms with van der Waals surface area (Å²) in [5.41, 5.74) is 3.40. The van der Waals surface area contributed by atoms with Crippen molar-refractivity contribution in [2.75, 3.05) is 26.8 Å². The second-order valence-electron chi connectivity index (χ2n) is 5.93. The zero-order chi connectivity index (χ0) is 13.0. The summed E-state index contributed by atoms with van der Waals surface area (Å²) in [6, 6.07) is 0. The number of carbonyl (C=O) groups is 1. The number of carbonyl (C=O) groups excluding carboxylic acids is 1. The second-order valence-corrected chi connectivity index (χ2v) is 5.93. The van der Waals surface area contributed by atoms with Crippen molar-refractivity contribution < 1.29 is 14.3 Å². The van der Waals surface area contributed by atoms with E-state index >= 15 is 0 Å². The van der Waals surface area contributed by atoms with E-state index in [-0.39, 0.29) is 17.6 Å². The van der Waals surface area contributed by atoms with Crippen molar-refractivity contribution >= 4 is 5.97 Å². The Hall–Kier alpha value is -1.13. The number of cyclic esters (lactones) is 1.